The van der Waals surface area contributed by atoms with Crippen molar-refractivity contribution in [3.63, 3.8) is 0 Å². The summed E-state index contributed by atoms with van der Waals surface area (Å²) in [4.78, 5) is 15.0. The van der Waals surface area contributed by atoms with Crippen LogP contribution in [0.15, 0.2) is 60.7 Å². The van der Waals surface area contributed by atoms with E-state index in [1.165, 1.54) is 41.8 Å². The molecule has 0 bridgehead atoms. The summed E-state index contributed by atoms with van der Waals surface area (Å²) < 4.78 is 2.36. The molecule has 4 nitrogen and oxygen atoms in total. The Hall–Kier alpha value is -2.85. The predicted molar refractivity (Wildman–Crippen MR) is 131 cm³/mol. The highest BCUT2D eigenvalue weighted by atomic mass is 16.1. The van der Waals surface area contributed by atoms with E-state index < -0.39 is 0 Å². The summed E-state index contributed by atoms with van der Waals surface area (Å²) in [5, 5.41) is 3.09. The molecule has 1 amide bonds. The Kier molecular flexibility index (Phi) is 7.43. The molecule has 0 unspecified atom stereocenters. The second-order valence-electron chi connectivity index (χ2n) is 8.81. The first-order valence-electron chi connectivity index (χ1n) is 12.0. The van der Waals surface area contributed by atoms with Crippen molar-refractivity contribution in [3.8, 4) is 5.69 Å². The fraction of sp³-hybridized carbons (Fsp3) is 0.393. The number of amides is 1. The Morgan fingerprint density at radius 1 is 1.03 bits per heavy atom. The van der Waals surface area contributed by atoms with Crippen LogP contribution in [0, 0.1) is 6.92 Å². The topological polar surface area (TPSA) is 37.3 Å². The lowest BCUT2D eigenvalue weighted by molar-refractivity contribution is 0.0951. The van der Waals surface area contributed by atoms with Crippen LogP contribution in [0.2, 0.25) is 0 Å². The minimum atomic E-state index is 0.00825. The normalized spacial score (nSPS) is 13.2. The van der Waals surface area contributed by atoms with Crippen LogP contribution in [0.5, 0.6) is 0 Å². The molecular formula is C28H35N3O. The van der Waals surface area contributed by atoms with Crippen molar-refractivity contribution in [2.75, 3.05) is 19.6 Å². The lowest BCUT2D eigenvalue weighted by Crippen LogP contribution is -2.29. The lowest BCUT2D eigenvalue weighted by atomic mass is 9.98. The third-order valence-corrected chi connectivity index (χ3v) is 6.51. The number of aromatic nitrogens is 1. The van der Waals surface area contributed by atoms with Gasteiger partial charge >= 0.3 is 0 Å². The molecule has 0 fully saturated rings. The van der Waals surface area contributed by atoms with Gasteiger partial charge in [0, 0.05) is 42.3 Å². The summed E-state index contributed by atoms with van der Waals surface area (Å²) in [6, 6.07) is 20.9. The maximum absolute atomic E-state index is 12.6. The van der Waals surface area contributed by atoms with Crippen molar-refractivity contribution in [2.24, 2.45) is 0 Å². The summed E-state index contributed by atoms with van der Waals surface area (Å²) >= 11 is 0. The molecule has 0 radical (unpaired) electrons. The number of hydrogen-bond donors (Lipinski definition) is 1. The van der Waals surface area contributed by atoms with Crippen molar-refractivity contribution in [3.05, 3.63) is 88.7 Å². The Bertz CT molecular complexity index is 1020. The molecule has 0 aliphatic heterocycles. The summed E-state index contributed by atoms with van der Waals surface area (Å²) in [5.74, 6) is 0.00825. The summed E-state index contributed by atoms with van der Waals surface area (Å²) in [7, 11) is 0. The van der Waals surface area contributed by atoms with Crippen LogP contribution in [0.25, 0.3) is 5.69 Å². The van der Waals surface area contributed by atoms with Gasteiger partial charge in [0.1, 0.15) is 0 Å². The molecule has 0 saturated carbocycles. The van der Waals surface area contributed by atoms with Gasteiger partial charge in [-0.1, -0.05) is 37.3 Å². The quantitative estimate of drug-likeness (QED) is 0.468. The van der Waals surface area contributed by atoms with E-state index in [0.29, 0.717) is 6.54 Å². The Morgan fingerprint density at radius 3 is 2.53 bits per heavy atom. The molecule has 2 aromatic carbocycles. The van der Waals surface area contributed by atoms with Crippen LogP contribution in [-0.2, 0) is 19.4 Å². The van der Waals surface area contributed by atoms with E-state index in [4.69, 9.17) is 0 Å². The first kappa shape index (κ1) is 22.3. The molecule has 1 aliphatic carbocycles. The summed E-state index contributed by atoms with van der Waals surface area (Å²) in [6.07, 6.45) is 5.82. The number of nitrogens with zero attached hydrogens (tertiary/aromatic N) is 2. The van der Waals surface area contributed by atoms with Gasteiger partial charge in [-0.2, -0.15) is 0 Å². The van der Waals surface area contributed by atoms with Crippen LogP contribution in [0.3, 0.4) is 0 Å². The van der Waals surface area contributed by atoms with Gasteiger partial charge in [0.25, 0.3) is 5.91 Å². The van der Waals surface area contributed by atoms with Crippen LogP contribution in [-0.4, -0.2) is 35.0 Å². The zero-order chi connectivity index (χ0) is 22.3. The Balaban J connectivity index is 1.29. The Morgan fingerprint density at radius 2 is 1.78 bits per heavy atom. The van der Waals surface area contributed by atoms with Crippen LogP contribution < -0.4 is 5.32 Å². The maximum Gasteiger partial charge on any atom is 0.251 e. The van der Waals surface area contributed by atoms with E-state index in [1.54, 1.807) is 0 Å². The molecule has 1 aliphatic rings. The second kappa shape index (κ2) is 10.6. The molecule has 4 rings (SSSR count). The third kappa shape index (κ3) is 5.31. The predicted octanol–water partition coefficient (Wildman–Crippen LogP) is 5.31. The summed E-state index contributed by atoms with van der Waals surface area (Å²) in [6.45, 7) is 7.99. The minimum absolute atomic E-state index is 0.00825. The molecule has 0 atom stereocenters. The number of nitrogens with one attached hydrogen (secondary N) is 1. The highest BCUT2D eigenvalue weighted by Gasteiger charge is 2.17. The van der Waals surface area contributed by atoms with Crippen molar-refractivity contribution in [1.82, 2.24) is 14.8 Å². The molecule has 32 heavy (non-hydrogen) atoms. The van der Waals surface area contributed by atoms with Crippen LogP contribution in [0.1, 0.15) is 59.1 Å². The smallest absolute Gasteiger partial charge is 0.251 e. The zero-order valence-corrected chi connectivity index (χ0v) is 19.4. The van der Waals surface area contributed by atoms with Crippen molar-refractivity contribution in [1.29, 1.82) is 0 Å². The fourth-order valence-electron chi connectivity index (χ4n) is 4.77. The van der Waals surface area contributed by atoms with Gasteiger partial charge < -0.3 is 9.88 Å². The van der Waals surface area contributed by atoms with Gasteiger partial charge in [-0.3, -0.25) is 9.69 Å². The van der Waals surface area contributed by atoms with E-state index in [9.17, 15) is 4.79 Å². The molecule has 0 spiro atoms. The first-order chi connectivity index (χ1) is 15.7. The number of carbonyl (C=O) groups is 1. The molecule has 168 valence electrons. The molecule has 1 N–H and O–H groups in total. The average Bonchev–Trinajstić information content (AvgIpc) is 3.17. The average molecular weight is 430 g/mol. The number of hydrogen-bond acceptors (Lipinski definition) is 2. The van der Waals surface area contributed by atoms with Gasteiger partial charge in [-0.25, -0.2) is 0 Å². The van der Waals surface area contributed by atoms with E-state index in [0.717, 1.165) is 43.7 Å². The molecule has 4 heteroatoms. The second-order valence-corrected chi connectivity index (χ2v) is 8.81. The van der Waals surface area contributed by atoms with Gasteiger partial charge in [-0.15, -0.1) is 0 Å². The lowest BCUT2D eigenvalue weighted by Gasteiger charge is -2.20. The highest BCUT2D eigenvalue weighted by Crippen LogP contribution is 2.28. The van der Waals surface area contributed by atoms with Gasteiger partial charge in [0.2, 0.25) is 0 Å². The van der Waals surface area contributed by atoms with E-state index in [2.05, 4.69) is 77.2 Å². The molecule has 0 saturated heterocycles. The van der Waals surface area contributed by atoms with E-state index in [-0.39, 0.29) is 5.91 Å². The van der Waals surface area contributed by atoms with E-state index in [1.807, 2.05) is 12.1 Å². The SMILES string of the molecule is CCN(CCCNC(=O)c1ccc(-n2c(C)cc3c2CCCC3)cc1)Cc1ccccc1. The van der Waals surface area contributed by atoms with Crippen molar-refractivity contribution < 1.29 is 4.79 Å². The number of benzene rings is 2. The molecule has 1 heterocycles. The van der Waals surface area contributed by atoms with Gasteiger partial charge in [-0.05, 0) is 87.0 Å². The number of fused-ring (bicyclic) bond motifs is 1. The number of aryl methyl sites for hydroxylation is 2. The van der Waals surface area contributed by atoms with E-state index >= 15 is 0 Å². The largest absolute Gasteiger partial charge is 0.352 e. The fourth-order valence-corrected chi connectivity index (χ4v) is 4.77. The zero-order valence-electron chi connectivity index (χ0n) is 19.4. The Labute approximate surface area is 192 Å². The van der Waals surface area contributed by atoms with Crippen molar-refractivity contribution >= 4 is 5.91 Å². The van der Waals surface area contributed by atoms with Gasteiger partial charge in [0.05, 0.1) is 0 Å². The van der Waals surface area contributed by atoms with Gasteiger partial charge in [0.15, 0.2) is 0 Å². The summed E-state index contributed by atoms with van der Waals surface area (Å²) in [5.41, 5.74) is 7.43. The maximum atomic E-state index is 12.6. The highest BCUT2D eigenvalue weighted by molar-refractivity contribution is 5.94. The number of rotatable bonds is 9. The van der Waals surface area contributed by atoms with Crippen molar-refractivity contribution in [2.45, 2.75) is 52.5 Å². The standard InChI is InChI=1S/C28H35N3O/c1-3-30(21-23-10-5-4-6-11-23)19-9-18-29-28(32)24-14-16-26(17-15-24)31-22(2)20-25-12-7-8-13-27(25)31/h4-6,10-11,14-17,20H,3,7-9,12-13,18-19,21H2,1-2H3,(H,29,32). The third-order valence-electron chi connectivity index (χ3n) is 6.51. The van der Waals surface area contributed by atoms with Crippen LogP contribution >= 0.6 is 0 Å². The minimum Gasteiger partial charge on any atom is -0.352 e. The molecule has 3 aromatic rings. The number of carbonyl (C=O) groups excluding carboxylic acids is 1. The van der Waals surface area contributed by atoms with Crippen LogP contribution in [0.4, 0.5) is 0 Å². The molecular weight excluding hydrogens is 394 g/mol. The monoisotopic (exact) mass is 429 g/mol. The first-order valence-corrected chi connectivity index (χ1v) is 12.0. The molecule has 1 aromatic heterocycles.